The Labute approximate surface area is 177 Å². The summed E-state index contributed by atoms with van der Waals surface area (Å²) in [6.45, 7) is 3.79. The second-order valence-corrected chi connectivity index (χ2v) is 7.02. The summed E-state index contributed by atoms with van der Waals surface area (Å²) in [4.78, 5) is 26.7. The number of nitrogens with zero attached hydrogens (tertiary/aromatic N) is 1. The highest BCUT2D eigenvalue weighted by Gasteiger charge is 2.16. The van der Waals surface area contributed by atoms with E-state index < -0.39 is 6.10 Å². The van der Waals surface area contributed by atoms with Crippen LogP contribution in [0, 0.1) is 0 Å². The number of carbonyl (C=O) groups excluding carboxylic acids is 2. The Morgan fingerprint density at radius 2 is 1.57 bits per heavy atom. The molecule has 0 aliphatic heterocycles. The summed E-state index contributed by atoms with van der Waals surface area (Å²) in [5, 5.41) is 2.82. The van der Waals surface area contributed by atoms with Gasteiger partial charge in [-0.05, 0) is 67.4 Å². The van der Waals surface area contributed by atoms with Crippen LogP contribution in [0.4, 0.5) is 11.4 Å². The van der Waals surface area contributed by atoms with Gasteiger partial charge in [0, 0.05) is 24.0 Å². The third-order valence-corrected chi connectivity index (χ3v) is 4.86. The van der Waals surface area contributed by atoms with Crippen molar-refractivity contribution >= 4 is 23.2 Å². The third-order valence-electron chi connectivity index (χ3n) is 4.86. The van der Waals surface area contributed by atoms with Crippen LogP contribution in [0.5, 0.6) is 5.75 Å². The largest absolute Gasteiger partial charge is 0.481 e. The van der Waals surface area contributed by atoms with Crippen LogP contribution in [0.3, 0.4) is 0 Å². The number of aryl methyl sites for hydroxylation is 1. The molecule has 0 spiro atoms. The summed E-state index contributed by atoms with van der Waals surface area (Å²) in [5.74, 6) is 0.279. The molecule has 154 valence electrons. The number of amides is 2. The lowest BCUT2D eigenvalue weighted by atomic mass is 10.1. The molecule has 0 saturated carbocycles. The molecule has 0 radical (unpaired) electrons. The Kier molecular flexibility index (Phi) is 6.86. The average Bonchev–Trinajstić information content (AvgIpc) is 2.79. The molecule has 3 rings (SSSR count). The summed E-state index contributed by atoms with van der Waals surface area (Å²) in [6, 6.07) is 24.0. The van der Waals surface area contributed by atoms with Gasteiger partial charge < -0.3 is 15.0 Å². The molecule has 0 aliphatic carbocycles. The Hall–Kier alpha value is -3.60. The number of hydrogen-bond acceptors (Lipinski definition) is 3. The molecule has 1 atom stereocenters. The number of carbonyl (C=O) groups is 2. The minimum absolute atomic E-state index is 0.119. The zero-order valence-corrected chi connectivity index (χ0v) is 17.5. The third kappa shape index (κ3) is 5.26. The van der Waals surface area contributed by atoms with Crippen LogP contribution in [0.25, 0.3) is 0 Å². The molecule has 0 aliphatic rings. The Morgan fingerprint density at radius 1 is 0.933 bits per heavy atom. The van der Waals surface area contributed by atoms with Crippen molar-refractivity contribution in [3.05, 3.63) is 90.0 Å². The van der Waals surface area contributed by atoms with Crippen molar-refractivity contribution in [2.75, 3.05) is 17.3 Å². The Bertz CT molecular complexity index is 983. The van der Waals surface area contributed by atoms with E-state index in [1.165, 1.54) is 5.56 Å². The maximum absolute atomic E-state index is 12.7. The maximum Gasteiger partial charge on any atom is 0.265 e. The number of nitrogens with one attached hydrogen (secondary N) is 1. The topological polar surface area (TPSA) is 58.6 Å². The fourth-order valence-electron chi connectivity index (χ4n) is 2.96. The predicted molar refractivity (Wildman–Crippen MR) is 120 cm³/mol. The molecule has 0 aromatic heterocycles. The molecule has 1 unspecified atom stereocenters. The highest BCUT2D eigenvalue weighted by molar-refractivity contribution is 6.06. The molecule has 0 heterocycles. The van der Waals surface area contributed by atoms with E-state index in [-0.39, 0.29) is 11.8 Å². The molecule has 0 fully saturated rings. The normalized spacial score (nSPS) is 11.4. The molecule has 0 bridgehead atoms. The first-order chi connectivity index (χ1) is 14.5. The van der Waals surface area contributed by atoms with Gasteiger partial charge in [0.05, 0.1) is 0 Å². The number of benzene rings is 3. The van der Waals surface area contributed by atoms with Crippen LogP contribution in [0.2, 0.25) is 0 Å². The van der Waals surface area contributed by atoms with Gasteiger partial charge in [0.15, 0.2) is 6.10 Å². The van der Waals surface area contributed by atoms with E-state index in [1.54, 1.807) is 43.1 Å². The van der Waals surface area contributed by atoms with Gasteiger partial charge in [-0.2, -0.15) is 0 Å². The van der Waals surface area contributed by atoms with Gasteiger partial charge in [0.25, 0.3) is 11.8 Å². The lowest BCUT2D eigenvalue weighted by molar-refractivity contribution is -0.122. The molecular weight excluding hydrogens is 376 g/mol. The average molecular weight is 402 g/mol. The summed E-state index contributed by atoms with van der Waals surface area (Å²) in [6.07, 6.45) is 0.304. The monoisotopic (exact) mass is 402 g/mol. The van der Waals surface area contributed by atoms with E-state index >= 15 is 0 Å². The summed E-state index contributed by atoms with van der Waals surface area (Å²) in [5.41, 5.74) is 3.18. The number of ether oxygens (including phenoxy) is 1. The zero-order chi connectivity index (χ0) is 21.5. The summed E-state index contributed by atoms with van der Waals surface area (Å²) >= 11 is 0. The van der Waals surface area contributed by atoms with E-state index in [2.05, 4.69) is 12.2 Å². The molecule has 1 N–H and O–H groups in total. The number of para-hydroxylation sites is 1. The molecule has 0 saturated heterocycles. The van der Waals surface area contributed by atoms with Crippen LogP contribution in [0.15, 0.2) is 78.9 Å². The van der Waals surface area contributed by atoms with Gasteiger partial charge in [0.2, 0.25) is 0 Å². The first kappa shape index (κ1) is 21.1. The van der Waals surface area contributed by atoms with E-state index in [1.807, 2.05) is 54.6 Å². The quantitative estimate of drug-likeness (QED) is 0.609. The number of hydrogen-bond donors (Lipinski definition) is 1. The van der Waals surface area contributed by atoms with Crippen LogP contribution in [-0.4, -0.2) is 25.0 Å². The van der Waals surface area contributed by atoms with E-state index in [0.29, 0.717) is 17.0 Å². The van der Waals surface area contributed by atoms with Gasteiger partial charge in [-0.15, -0.1) is 0 Å². The summed E-state index contributed by atoms with van der Waals surface area (Å²) in [7, 11) is 1.74. The molecule has 2 amide bonds. The van der Waals surface area contributed by atoms with Crippen molar-refractivity contribution in [3.63, 3.8) is 0 Å². The highest BCUT2D eigenvalue weighted by Crippen LogP contribution is 2.18. The van der Waals surface area contributed by atoms with Crippen LogP contribution in [-0.2, 0) is 11.2 Å². The first-order valence-corrected chi connectivity index (χ1v) is 9.97. The van der Waals surface area contributed by atoms with Gasteiger partial charge in [0.1, 0.15) is 5.75 Å². The molecule has 3 aromatic rings. The fourth-order valence-corrected chi connectivity index (χ4v) is 2.96. The second-order valence-electron chi connectivity index (χ2n) is 7.02. The molecule has 5 nitrogen and oxygen atoms in total. The predicted octanol–water partition coefficient (Wildman–Crippen LogP) is 4.93. The SMILES string of the molecule is CCc1ccc(OC(C)C(=O)Nc2ccc(C(=O)N(C)c3ccccc3)cc2)cc1. The highest BCUT2D eigenvalue weighted by atomic mass is 16.5. The van der Waals surface area contributed by atoms with Crippen molar-refractivity contribution in [1.82, 2.24) is 0 Å². The Balaban J connectivity index is 1.59. The van der Waals surface area contributed by atoms with E-state index in [9.17, 15) is 9.59 Å². The number of anilines is 2. The van der Waals surface area contributed by atoms with Crippen molar-refractivity contribution in [1.29, 1.82) is 0 Å². The van der Waals surface area contributed by atoms with Crippen LogP contribution < -0.4 is 15.0 Å². The lowest BCUT2D eigenvalue weighted by Gasteiger charge is -2.18. The van der Waals surface area contributed by atoms with Crippen LogP contribution in [0.1, 0.15) is 29.8 Å². The molecule has 30 heavy (non-hydrogen) atoms. The van der Waals surface area contributed by atoms with Crippen molar-refractivity contribution in [3.8, 4) is 5.75 Å². The number of rotatable bonds is 7. The smallest absolute Gasteiger partial charge is 0.265 e. The minimum Gasteiger partial charge on any atom is -0.481 e. The van der Waals surface area contributed by atoms with E-state index in [4.69, 9.17) is 4.74 Å². The Morgan fingerprint density at radius 3 is 2.17 bits per heavy atom. The van der Waals surface area contributed by atoms with E-state index in [0.717, 1.165) is 12.1 Å². The van der Waals surface area contributed by atoms with Gasteiger partial charge in [-0.3, -0.25) is 9.59 Å². The second kappa shape index (κ2) is 9.74. The van der Waals surface area contributed by atoms with Crippen molar-refractivity contribution < 1.29 is 14.3 Å². The zero-order valence-electron chi connectivity index (χ0n) is 17.5. The molecule has 5 heteroatoms. The van der Waals surface area contributed by atoms with Gasteiger partial charge >= 0.3 is 0 Å². The van der Waals surface area contributed by atoms with Gasteiger partial charge in [-0.1, -0.05) is 37.3 Å². The molecular formula is C25H26N2O3. The molecule has 3 aromatic carbocycles. The fraction of sp³-hybridized carbons (Fsp3) is 0.200. The standard InChI is InChI=1S/C25H26N2O3/c1-4-19-10-16-23(17-11-19)30-18(2)24(28)26-21-14-12-20(13-15-21)25(29)27(3)22-8-6-5-7-9-22/h5-18H,4H2,1-3H3,(H,26,28). The van der Waals surface area contributed by atoms with Crippen LogP contribution >= 0.6 is 0 Å². The van der Waals surface area contributed by atoms with Crippen molar-refractivity contribution in [2.24, 2.45) is 0 Å². The first-order valence-electron chi connectivity index (χ1n) is 9.97. The summed E-state index contributed by atoms with van der Waals surface area (Å²) < 4.78 is 5.72. The van der Waals surface area contributed by atoms with Crippen molar-refractivity contribution in [2.45, 2.75) is 26.4 Å². The lowest BCUT2D eigenvalue weighted by Crippen LogP contribution is -2.30. The maximum atomic E-state index is 12.7. The minimum atomic E-state index is -0.650. The van der Waals surface area contributed by atoms with Gasteiger partial charge in [-0.25, -0.2) is 0 Å².